The predicted molar refractivity (Wildman–Crippen MR) is 86.7 cm³/mol. The van der Waals surface area contributed by atoms with Crippen LogP contribution in [0.1, 0.15) is 38.8 Å². The number of hydrogen-bond acceptors (Lipinski definition) is 3. The first kappa shape index (κ1) is 17.2. The summed E-state index contributed by atoms with van der Waals surface area (Å²) in [4.78, 5) is 0. The summed E-state index contributed by atoms with van der Waals surface area (Å²) in [6, 6.07) is 8.18. The Hall–Kier alpha value is -0.870. The average molecular weight is 297 g/mol. The van der Waals surface area contributed by atoms with E-state index in [9.17, 15) is 4.21 Å². The summed E-state index contributed by atoms with van der Waals surface area (Å²) in [5.74, 6) is 2.94. The molecule has 1 N–H and O–H groups in total. The van der Waals surface area contributed by atoms with E-state index < -0.39 is 10.8 Å². The van der Waals surface area contributed by atoms with Crippen molar-refractivity contribution in [2.24, 2.45) is 5.92 Å². The number of benzene rings is 1. The van der Waals surface area contributed by atoms with Crippen molar-refractivity contribution >= 4 is 10.8 Å². The minimum atomic E-state index is -0.774. The lowest BCUT2D eigenvalue weighted by Crippen LogP contribution is -2.23. The van der Waals surface area contributed by atoms with Crippen molar-refractivity contribution in [1.29, 1.82) is 0 Å². The highest BCUT2D eigenvalue weighted by molar-refractivity contribution is 7.85. The van der Waals surface area contributed by atoms with Crippen molar-refractivity contribution in [1.82, 2.24) is 5.32 Å². The molecule has 0 bridgehead atoms. The molecule has 1 aromatic rings. The summed E-state index contributed by atoms with van der Waals surface area (Å²) in [6.45, 7) is 6.98. The van der Waals surface area contributed by atoms with Crippen LogP contribution >= 0.6 is 0 Å². The minimum absolute atomic E-state index is 0.138. The lowest BCUT2D eigenvalue weighted by Gasteiger charge is -2.17. The third kappa shape index (κ3) is 6.06. The van der Waals surface area contributed by atoms with Gasteiger partial charge in [0.15, 0.2) is 0 Å². The Kier molecular flexibility index (Phi) is 7.85. The fraction of sp³-hybridized carbons (Fsp3) is 0.625. The second-order valence-electron chi connectivity index (χ2n) is 5.34. The van der Waals surface area contributed by atoms with Crippen LogP contribution in [-0.2, 0) is 10.8 Å². The molecule has 1 rings (SSSR count). The molecule has 0 spiro atoms. The number of ether oxygens (including phenoxy) is 1. The molecule has 0 saturated heterocycles. The highest BCUT2D eigenvalue weighted by atomic mass is 32.2. The Balaban J connectivity index is 2.58. The molecule has 0 aromatic heterocycles. The largest absolute Gasteiger partial charge is 0.494 e. The maximum atomic E-state index is 12.1. The molecule has 0 heterocycles. The molecule has 20 heavy (non-hydrogen) atoms. The summed E-state index contributed by atoms with van der Waals surface area (Å²) >= 11 is 0. The highest BCUT2D eigenvalue weighted by Crippen LogP contribution is 2.19. The van der Waals surface area contributed by atoms with Gasteiger partial charge >= 0.3 is 0 Å². The van der Waals surface area contributed by atoms with Crippen LogP contribution in [0.4, 0.5) is 0 Å². The quantitative estimate of drug-likeness (QED) is 0.761. The number of nitrogens with one attached hydrogen (secondary N) is 1. The summed E-state index contributed by atoms with van der Waals surface area (Å²) < 4.78 is 17.5. The fourth-order valence-electron chi connectivity index (χ4n) is 1.95. The van der Waals surface area contributed by atoms with Gasteiger partial charge in [-0.05, 0) is 44.0 Å². The first-order valence-electron chi connectivity index (χ1n) is 7.31. The van der Waals surface area contributed by atoms with Crippen LogP contribution in [0.5, 0.6) is 5.75 Å². The molecule has 0 amide bonds. The topological polar surface area (TPSA) is 38.3 Å². The second kappa shape index (κ2) is 9.14. The van der Waals surface area contributed by atoms with Crippen molar-refractivity contribution in [3.05, 3.63) is 29.8 Å². The molecule has 0 fully saturated rings. The smallest absolute Gasteiger partial charge is 0.119 e. The Morgan fingerprint density at radius 2 is 1.90 bits per heavy atom. The van der Waals surface area contributed by atoms with E-state index in [4.69, 9.17) is 4.74 Å². The Morgan fingerprint density at radius 3 is 2.40 bits per heavy atom. The van der Waals surface area contributed by atoms with Crippen LogP contribution in [0.2, 0.25) is 0 Å². The average Bonchev–Trinajstić information content (AvgIpc) is 2.44. The SMILES string of the molecule is CCOc1ccc(C(CS(=O)CCC(C)C)NC)cc1. The molecular formula is C16H27NO2S. The molecule has 1 aromatic carbocycles. The van der Waals surface area contributed by atoms with Gasteiger partial charge in [-0.15, -0.1) is 0 Å². The van der Waals surface area contributed by atoms with Crippen LogP contribution in [-0.4, -0.2) is 29.4 Å². The molecule has 0 aliphatic carbocycles. The second-order valence-corrected chi connectivity index (χ2v) is 6.96. The minimum Gasteiger partial charge on any atom is -0.494 e. The van der Waals surface area contributed by atoms with Crippen molar-refractivity contribution < 1.29 is 8.95 Å². The normalized spacial score (nSPS) is 14.2. The number of hydrogen-bond donors (Lipinski definition) is 1. The standard InChI is InChI=1S/C16H27NO2S/c1-5-19-15-8-6-14(7-9-15)16(17-4)12-20(18)11-10-13(2)3/h6-9,13,16-17H,5,10-12H2,1-4H3. The Bertz CT molecular complexity index is 403. The third-order valence-electron chi connectivity index (χ3n) is 3.22. The van der Waals surface area contributed by atoms with Gasteiger partial charge in [-0.2, -0.15) is 0 Å². The molecule has 2 unspecified atom stereocenters. The van der Waals surface area contributed by atoms with E-state index in [0.29, 0.717) is 18.3 Å². The molecule has 0 radical (unpaired) electrons. The lowest BCUT2D eigenvalue weighted by molar-refractivity contribution is 0.340. The van der Waals surface area contributed by atoms with E-state index in [-0.39, 0.29) is 6.04 Å². The highest BCUT2D eigenvalue weighted by Gasteiger charge is 2.13. The van der Waals surface area contributed by atoms with Crippen molar-refractivity contribution in [3.63, 3.8) is 0 Å². The van der Waals surface area contributed by atoms with Gasteiger partial charge in [-0.3, -0.25) is 4.21 Å². The zero-order valence-corrected chi connectivity index (χ0v) is 13.8. The first-order valence-corrected chi connectivity index (χ1v) is 8.80. The zero-order valence-electron chi connectivity index (χ0n) is 13.0. The van der Waals surface area contributed by atoms with Crippen molar-refractivity contribution in [2.75, 3.05) is 25.2 Å². The summed E-state index contributed by atoms with van der Waals surface area (Å²) in [5.41, 5.74) is 1.16. The van der Waals surface area contributed by atoms with Crippen LogP contribution < -0.4 is 10.1 Å². The predicted octanol–water partition coefficient (Wildman–Crippen LogP) is 3.14. The molecular weight excluding hydrogens is 270 g/mol. The van der Waals surface area contributed by atoms with E-state index in [0.717, 1.165) is 23.5 Å². The van der Waals surface area contributed by atoms with Crippen LogP contribution in [0.15, 0.2) is 24.3 Å². The van der Waals surface area contributed by atoms with Gasteiger partial charge in [-0.1, -0.05) is 26.0 Å². The molecule has 114 valence electrons. The molecule has 0 aliphatic rings. The fourth-order valence-corrected chi connectivity index (χ4v) is 3.58. The van der Waals surface area contributed by atoms with E-state index in [1.54, 1.807) is 0 Å². The lowest BCUT2D eigenvalue weighted by atomic mass is 10.1. The summed E-state index contributed by atoms with van der Waals surface area (Å²) in [5, 5.41) is 3.25. The van der Waals surface area contributed by atoms with E-state index >= 15 is 0 Å². The van der Waals surface area contributed by atoms with Gasteiger partial charge in [0.2, 0.25) is 0 Å². The Morgan fingerprint density at radius 1 is 1.25 bits per heavy atom. The maximum Gasteiger partial charge on any atom is 0.119 e. The van der Waals surface area contributed by atoms with Crippen LogP contribution in [0.25, 0.3) is 0 Å². The van der Waals surface area contributed by atoms with Crippen molar-refractivity contribution in [2.45, 2.75) is 33.2 Å². The van der Waals surface area contributed by atoms with Crippen LogP contribution in [0.3, 0.4) is 0 Å². The zero-order chi connectivity index (χ0) is 15.0. The van der Waals surface area contributed by atoms with Crippen LogP contribution in [0, 0.1) is 5.92 Å². The van der Waals surface area contributed by atoms with Gasteiger partial charge in [0, 0.05) is 28.3 Å². The summed E-state index contributed by atoms with van der Waals surface area (Å²) in [6.07, 6.45) is 1.02. The van der Waals surface area contributed by atoms with E-state index in [1.165, 1.54) is 0 Å². The molecule has 0 saturated carbocycles. The molecule has 0 aliphatic heterocycles. The van der Waals surface area contributed by atoms with Crippen molar-refractivity contribution in [3.8, 4) is 5.75 Å². The van der Waals surface area contributed by atoms with Gasteiger partial charge in [0.25, 0.3) is 0 Å². The van der Waals surface area contributed by atoms with E-state index in [1.807, 2.05) is 38.2 Å². The summed E-state index contributed by atoms with van der Waals surface area (Å²) in [7, 11) is 1.14. The monoisotopic (exact) mass is 297 g/mol. The third-order valence-corrected chi connectivity index (χ3v) is 4.61. The number of rotatable bonds is 9. The molecule has 3 nitrogen and oxygen atoms in total. The first-order chi connectivity index (χ1) is 9.56. The van der Waals surface area contributed by atoms with E-state index in [2.05, 4.69) is 19.2 Å². The maximum absolute atomic E-state index is 12.1. The van der Waals surface area contributed by atoms with Gasteiger partial charge in [0.05, 0.1) is 6.61 Å². The Labute approximate surface area is 125 Å². The van der Waals surface area contributed by atoms with Gasteiger partial charge < -0.3 is 10.1 Å². The van der Waals surface area contributed by atoms with Gasteiger partial charge in [0.1, 0.15) is 5.75 Å². The van der Waals surface area contributed by atoms with Gasteiger partial charge in [-0.25, -0.2) is 0 Å². The molecule has 4 heteroatoms. The molecule has 2 atom stereocenters.